The monoisotopic (exact) mass is 450 g/mol. The highest BCUT2D eigenvalue weighted by atomic mass is 35.5. The van der Waals surface area contributed by atoms with Gasteiger partial charge in [-0.3, -0.25) is 9.59 Å². The quantitative estimate of drug-likeness (QED) is 0.539. The minimum atomic E-state index is -0.314. The van der Waals surface area contributed by atoms with Crippen LogP contribution in [0.1, 0.15) is 71.5 Å². The molecular weight excluding hydrogens is 424 g/mol. The summed E-state index contributed by atoms with van der Waals surface area (Å²) in [5.41, 5.74) is 4.15. The predicted molar refractivity (Wildman–Crippen MR) is 127 cm³/mol. The summed E-state index contributed by atoms with van der Waals surface area (Å²) in [6.07, 6.45) is 3.67. The Hall–Kier alpha value is -3.12. The van der Waals surface area contributed by atoms with Gasteiger partial charge in [0.1, 0.15) is 0 Å². The molecule has 1 fully saturated rings. The third-order valence-electron chi connectivity index (χ3n) is 5.31. The predicted octanol–water partition coefficient (Wildman–Crippen LogP) is 5.49. The fourth-order valence-corrected chi connectivity index (χ4v) is 3.69. The lowest BCUT2D eigenvalue weighted by Gasteiger charge is -2.20. The fraction of sp³-hybridized carbons (Fsp3) is 0.320. The number of rotatable bonds is 5. The van der Waals surface area contributed by atoms with Crippen LogP contribution in [0.25, 0.3) is 5.69 Å². The van der Waals surface area contributed by atoms with Crippen molar-refractivity contribution in [2.45, 2.75) is 52.0 Å². The van der Waals surface area contributed by atoms with Crippen molar-refractivity contribution in [1.29, 1.82) is 0 Å². The first kappa shape index (κ1) is 22.1. The largest absolute Gasteiger partial charge is 0.347 e. The maximum absolute atomic E-state index is 13.1. The van der Waals surface area contributed by atoms with Gasteiger partial charge in [0.25, 0.3) is 11.8 Å². The number of hydrogen-bond acceptors (Lipinski definition) is 3. The van der Waals surface area contributed by atoms with E-state index in [4.69, 9.17) is 11.6 Å². The summed E-state index contributed by atoms with van der Waals surface area (Å²) in [5.74, 6) is -0.0607. The summed E-state index contributed by atoms with van der Waals surface area (Å²) >= 11 is 6.31. The molecule has 2 aromatic carbocycles. The minimum Gasteiger partial charge on any atom is -0.347 e. The molecule has 0 unspecified atom stereocenters. The summed E-state index contributed by atoms with van der Waals surface area (Å²) in [5, 5.41) is 11.0. The van der Waals surface area contributed by atoms with Gasteiger partial charge in [0, 0.05) is 27.7 Å². The van der Waals surface area contributed by atoms with Gasteiger partial charge in [-0.2, -0.15) is 5.10 Å². The van der Waals surface area contributed by atoms with E-state index in [2.05, 4.69) is 15.7 Å². The standard InChI is InChI=1S/C25H27ClN4O2/c1-15-5-12-19(13-21(15)26)30-22(16-6-7-16)20(14-27-30)24(32)28-18-10-8-17(9-11-18)23(31)29-25(2,3)4/h5,8-14,16H,6-7H2,1-4H3,(H,28,32)(H,29,31). The Morgan fingerprint density at radius 2 is 1.75 bits per heavy atom. The van der Waals surface area contributed by atoms with Crippen molar-refractivity contribution in [1.82, 2.24) is 15.1 Å². The van der Waals surface area contributed by atoms with Gasteiger partial charge in [-0.25, -0.2) is 4.68 Å². The normalized spacial score (nSPS) is 13.7. The SMILES string of the molecule is Cc1ccc(-n2ncc(C(=O)Nc3ccc(C(=O)NC(C)(C)C)cc3)c2C2CC2)cc1Cl. The van der Waals surface area contributed by atoms with E-state index < -0.39 is 0 Å². The average Bonchev–Trinajstić information content (AvgIpc) is 3.47. The van der Waals surface area contributed by atoms with Gasteiger partial charge in [0.2, 0.25) is 0 Å². The van der Waals surface area contributed by atoms with Gasteiger partial charge >= 0.3 is 0 Å². The Bertz CT molecular complexity index is 1170. The summed E-state index contributed by atoms with van der Waals surface area (Å²) < 4.78 is 1.82. The first-order valence-electron chi connectivity index (χ1n) is 10.7. The molecular formula is C25H27ClN4O2. The van der Waals surface area contributed by atoms with Crippen LogP contribution in [-0.2, 0) is 0 Å². The van der Waals surface area contributed by atoms with Gasteiger partial charge < -0.3 is 10.6 Å². The molecule has 166 valence electrons. The van der Waals surface area contributed by atoms with Crippen LogP contribution in [0.4, 0.5) is 5.69 Å². The molecule has 0 radical (unpaired) electrons. The van der Waals surface area contributed by atoms with Crippen molar-refractivity contribution in [2.75, 3.05) is 5.32 Å². The molecule has 2 amide bonds. The van der Waals surface area contributed by atoms with Crippen LogP contribution in [0.5, 0.6) is 0 Å². The average molecular weight is 451 g/mol. The molecule has 1 heterocycles. The molecule has 1 saturated carbocycles. The maximum Gasteiger partial charge on any atom is 0.259 e. The zero-order chi connectivity index (χ0) is 23.0. The molecule has 3 aromatic rings. The number of aryl methyl sites for hydroxylation is 1. The Balaban J connectivity index is 1.55. The number of carbonyl (C=O) groups excluding carboxylic acids is 2. The number of nitrogens with one attached hydrogen (secondary N) is 2. The number of aromatic nitrogens is 2. The highest BCUT2D eigenvalue weighted by Crippen LogP contribution is 2.42. The van der Waals surface area contributed by atoms with Gasteiger partial charge in [-0.05, 0) is 82.5 Å². The second kappa shape index (κ2) is 8.43. The van der Waals surface area contributed by atoms with Crippen LogP contribution in [0.15, 0.2) is 48.7 Å². The van der Waals surface area contributed by atoms with Crippen LogP contribution in [0, 0.1) is 6.92 Å². The van der Waals surface area contributed by atoms with Crippen LogP contribution >= 0.6 is 11.6 Å². The third-order valence-corrected chi connectivity index (χ3v) is 5.72. The lowest BCUT2D eigenvalue weighted by Crippen LogP contribution is -2.40. The number of halogens is 1. The van der Waals surface area contributed by atoms with E-state index in [1.54, 1.807) is 30.5 Å². The van der Waals surface area contributed by atoms with Gasteiger partial charge in [0.05, 0.1) is 23.1 Å². The number of benzene rings is 2. The van der Waals surface area contributed by atoms with E-state index in [0.717, 1.165) is 29.8 Å². The molecule has 1 aliphatic rings. The molecule has 2 N–H and O–H groups in total. The molecule has 0 spiro atoms. The number of anilines is 1. The summed E-state index contributed by atoms with van der Waals surface area (Å²) in [4.78, 5) is 25.4. The summed E-state index contributed by atoms with van der Waals surface area (Å²) in [6.45, 7) is 7.75. The molecule has 0 saturated heterocycles. The first-order valence-corrected chi connectivity index (χ1v) is 11.1. The van der Waals surface area contributed by atoms with E-state index in [9.17, 15) is 9.59 Å². The zero-order valence-electron chi connectivity index (χ0n) is 18.7. The molecule has 32 heavy (non-hydrogen) atoms. The topological polar surface area (TPSA) is 76.0 Å². The zero-order valence-corrected chi connectivity index (χ0v) is 19.5. The smallest absolute Gasteiger partial charge is 0.259 e. The molecule has 6 nitrogen and oxygen atoms in total. The Morgan fingerprint density at radius 1 is 1.06 bits per heavy atom. The Labute approximate surface area is 193 Å². The van der Waals surface area contributed by atoms with Gasteiger partial charge in [-0.1, -0.05) is 17.7 Å². The van der Waals surface area contributed by atoms with E-state index in [1.807, 2.05) is 50.6 Å². The van der Waals surface area contributed by atoms with E-state index in [0.29, 0.717) is 27.8 Å². The van der Waals surface area contributed by atoms with Gasteiger partial charge in [-0.15, -0.1) is 0 Å². The maximum atomic E-state index is 13.1. The van der Waals surface area contributed by atoms with Crippen LogP contribution in [0.2, 0.25) is 5.02 Å². The molecule has 0 bridgehead atoms. The van der Waals surface area contributed by atoms with Crippen molar-refractivity contribution < 1.29 is 9.59 Å². The molecule has 1 aliphatic carbocycles. The van der Waals surface area contributed by atoms with Crippen molar-refractivity contribution in [3.05, 3.63) is 76.1 Å². The van der Waals surface area contributed by atoms with Crippen LogP contribution in [0.3, 0.4) is 0 Å². The van der Waals surface area contributed by atoms with E-state index >= 15 is 0 Å². The summed E-state index contributed by atoms with van der Waals surface area (Å²) in [7, 11) is 0. The lowest BCUT2D eigenvalue weighted by atomic mass is 10.1. The van der Waals surface area contributed by atoms with Crippen molar-refractivity contribution in [3.8, 4) is 5.69 Å². The highest BCUT2D eigenvalue weighted by Gasteiger charge is 2.33. The number of hydrogen-bond donors (Lipinski definition) is 2. The highest BCUT2D eigenvalue weighted by molar-refractivity contribution is 6.31. The minimum absolute atomic E-state index is 0.149. The molecule has 0 atom stereocenters. The molecule has 7 heteroatoms. The Kier molecular flexibility index (Phi) is 5.82. The van der Waals surface area contributed by atoms with Crippen LogP contribution in [-0.4, -0.2) is 27.1 Å². The fourth-order valence-electron chi connectivity index (χ4n) is 3.52. The molecule has 1 aromatic heterocycles. The number of nitrogens with zero attached hydrogens (tertiary/aromatic N) is 2. The van der Waals surface area contributed by atoms with Crippen molar-refractivity contribution in [3.63, 3.8) is 0 Å². The van der Waals surface area contributed by atoms with E-state index in [1.165, 1.54) is 0 Å². The molecule has 4 rings (SSSR count). The molecule has 0 aliphatic heterocycles. The summed E-state index contributed by atoms with van der Waals surface area (Å²) in [6, 6.07) is 12.7. The number of carbonyl (C=O) groups is 2. The third kappa shape index (κ3) is 4.86. The second-order valence-corrected chi connectivity index (χ2v) is 9.71. The number of amides is 2. The lowest BCUT2D eigenvalue weighted by molar-refractivity contribution is 0.0919. The second-order valence-electron chi connectivity index (χ2n) is 9.30. The Morgan fingerprint density at radius 3 is 2.34 bits per heavy atom. The van der Waals surface area contributed by atoms with E-state index in [-0.39, 0.29) is 17.4 Å². The van der Waals surface area contributed by atoms with Gasteiger partial charge in [0.15, 0.2) is 0 Å². The van der Waals surface area contributed by atoms with Crippen molar-refractivity contribution >= 4 is 29.1 Å². The van der Waals surface area contributed by atoms with Crippen molar-refractivity contribution in [2.24, 2.45) is 0 Å². The van der Waals surface area contributed by atoms with Crippen LogP contribution < -0.4 is 10.6 Å². The first-order chi connectivity index (χ1) is 15.1.